The Morgan fingerprint density at radius 3 is 2.58 bits per heavy atom. The molecule has 1 atom stereocenters. The normalized spacial score (nSPS) is 12.2. The number of aliphatic carboxylic acids is 1. The number of hydrogen-bond donors (Lipinski definition) is 2. The molecule has 0 spiro atoms. The van der Waals surface area contributed by atoms with Crippen molar-refractivity contribution in [1.82, 2.24) is 15.3 Å². The van der Waals surface area contributed by atoms with Gasteiger partial charge in [-0.1, -0.05) is 0 Å². The summed E-state index contributed by atoms with van der Waals surface area (Å²) in [6, 6.07) is -0.527. The van der Waals surface area contributed by atoms with Crippen LogP contribution >= 0.6 is 11.8 Å². The second kappa shape index (κ2) is 7.96. The first-order chi connectivity index (χ1) is 9.04. The summed E-state index contributed by atoms with van der Waals surface area (Å²) in [5.41, 5.74) is 0.876. The standard InChI is InChI=1S/C12H20N4O2S/c1-16(2)12-14-7-9(8-15-12)6-13-10(11(17)18)4-5-19-3/h7-8,10,13H,4-6H2,1-3H3,(H,17,18)/t10-/m1/s1. The van der Waals surface area contributed by atoms with E-state index in [1.165, 1.54) is 0 Å². The van der Waals surface area contributed by atoms with E-state index in [-0.39, 0.29) is 0 Å². The van der Waals surface area contributed by atoms with Gasteiger partial charge in [-0.05, 0) is 18.4 Å². The molecule has 0 saturated heterocycles. The molecule has 0 aromatic carbocycles. The minimum absolute atomic E-state index is 0.457. The van der Waals surface area contributed by atoms with E-state index in [4.69, 9.17) is 5.11 Å². The zero-order valence-electron chi connectivity index (χ0n) is 11.5. The van der Waals surface area contributed by atoms with Gasteiger partial charge in [-0.15, -0.1) is 0 Å². The molecule has 0 amide bonds. The third kappa shape index (κ3) is 5.44. The van der Waals surface area contributed by atoms with Gasteiger partial charge in [0.2, 0.25) is 5.95 Å². The topological polar surface area (TPSA) is 78.4 Å². The van der Waals surface area contributed by atoms with E-state index in [1.807, 2.05) is 25.3 Å². The van der Waals surface area contributed by atoms with Gasteiger partial charge in [0.1, 0.15) is 6.04 Å². The number of nitrogens with zero attached hydrogens (tertiary/aromatic N) is 3. The maximum Gasteiger partial charge on any atom is 0.320 e. The quantitative estimate of drug-likeness (QED) is 0.732. The fraction of sp³-hybridized carbons (Fsp3) is 0.583. The summed E-state index contributed by atoms with van der Waals surface area (Å²) < 4.78 is 0. The highest BCUT2D eigenvalue weighted by molar-refractivity contribution is 7.98. The van der Waals surface area contributed by atoms with E-state index < -0.39 is 12.0 Å². The van der Waals surface area contributed by atoms with Crippen LogP contribution in [0.2, 0.25) is 0 Å². The molecule has 7 heteroatoms. The Labute approximate surface area is 117 Å². The highest BCUT2D eigenvalue weighted by Crippen LogP contribution is 2.05. The number of carboxylic acids is 1. The van der Waals surface area contributed by atoms with E-state index in [0.717, 1.165) is 11.3 Å². The van der Waals surface area contributed by atoms with Crippen molar-refractivity contribution >= 4 is 23.7 Å². The smallest absolute Gasteiger partial charge is 0.320 e. The van der Waals surface area contributed by atoms with Gasteiger partial charge < -0.3 is 15.3 Å². The molecule has 0 aliphatic rings. The summed E-state index contributed by atoms with van der Waals surface area (Å²) in [4.78, 5) is 21.2. The molecule has 1 rings (SSSR count). The Hall–Kier alpha value is -1.34. The van der Waals surface area contributed by atoms with Crippen molar-refractivity contribution in [1.29, 1.82) is 0 Å². The minimum atomic E-state index is -0.820. The van der Waals surface area contributed by atoms with Crippen molar-refractivity contribution in [3.63, 3.8) is 0 Å². The van der Waals surface area contributed by atoms with Crippen LogP contribution in [0.3, 0.4) is 0 Å². The Balaban J connectivity index is 2.51. The predicted octanol–water partition coefficient (Wildman–Crippen LogP) is 0.838. The Bertz CT molecular complexity index is 397. The molecule has 0 fully saturated rings. The van der Waals surface area contributed by atoms with Crippen LogP contribution in [0.1, 0.15) is 12.0 Å². The van der Waals surface area contributed by atoms with Crippen LogP contribution < -0.4 is 10.2 Å². The van der Waals surface area contributed by atoms with Gasteiger partial charge >= 0.3 is 5.97 Å². The summed E-state index contributed by atoms with van der Waals surface area (Å²) in [7, 11) is 3.74. The number of carboxylic acid groups (broad SMARTS) is 1. The van der Waals surface area contributed by atoms with E-state index in [0.29, 0.717) is 18.9 Å². The first-order valence-electron chi connectivity index (χ1n) is 5.98. The molecule has 0 aliphatic heterocycles. The lowest BCUT2D eigenvalue weighted by Gasteiger charge is -2.14. The van der Waals surface area contributed by atoms with E-state index in [9.17, 15) is 4.79 Å². The molecule has 1 aromatic rings. The number of aromatic nitrogens is 2. The summed E-state index contributed by atoms with van der Waals surface area (Å²) in [5.74, 6) is 0.640. The largest absolute Gasteiger partial charge is 0.480 e. The molecule has 0 saturated carbocycles. The van der Waals surface area contributed by atoms with Crippen LogP contribution in [-0.2, 0) is 11.3 Å². The SMILES string of the molecule is CSCC[C@@H](NCc1cnc(N(C)C)nc1)C(=O)O. The van der Waals surface area contributed by atoms with Gasteiger partial charge in [-0.25, -0.2) is 9.97 Å². The molecule has 0 bridgehead atoms. The molecule has 1 aromatic heterocycles. The van der Waals surface area contributed by atoms with Gasteiger partial charge in [0.05, 0.1) is 0 Å². The van der Waals surface area contributed by atoms with Crippen LogP contribution in [-0.4, -0.2) is 53.2 Å². The van der Waals surface area contributed by atoms with Crippen molar-refractivity contribution in [2.24, 2.45) is 0 Å². The monoisotopic (exact) mass is 284 g/mol. The lowest BCUT2D eigenvalue weighted by molar-refractivity contribution is -0.139. The summed E-state index contributed by atoms with van der Waals surface area (Å²) in [5, 5.41) is 12.1. The molecule has 2 N–H and O–H groups in total. The fourth-order valence-electron chi connectivity index (χ4n) is 1.46. The number of nitrogens with one attached hydrogen (secondary N) is 1. The Morgan fingerprint density at radius 2 is 2.11 bits per heavy atom. The first kappa shape index (κ1) is 15.7. The maximum absolute atomic E-state index is 11.1. The zero-order valence-corrected chi connectivity index (χ0v) is 12.3. The van der Waals surface area contributed by atoms with Crippen molar-refractivity contribution in [3.05, 3.63) is 18.0 Å². The van der Waals surface area contributed by atoms with Crippen molar-refractivity contribution < 1.29 is 9.90 Å². The maximum atomic E-state index is 11.1. The van der Waals surface area contributed by atoms with Gasteiger partial charge in [0.15, 0.2) is 0 Å². The number of rotatable bonds is 8. The summed E-state index contributed by atoms with van der Waals surface area (Å²) in [6.07, 6.45) is 5.99. The molecular formula is C12H20N4O2S. The number of hydrogen-bond acceptors (Lipinski definition) is 6. The van der Waals surface area contributed by atoms with E-state index in [1.54, 1.807) is 24.2 Å². The van der Waals surface area contributed by atoms with Crippen LogP contribution in [0.25, 0.3) is 0 Å². The molecule has 0 aliphatic carbocycles. The van der Waals surface area contributed by atoms with Crippen LogP contribution in [0.15, 0.2) is 12.4 Å². The highest BCUT2D eigenvalue weighted by atomic mass is 32.2. The average molecular weight is 284 g/mol. The summed E-state index contributed by atoms with van der Waals surface area (Å²) in [6.45, 7) is 0.457. The highest BCUT2D eigenvalue weighted by Gasteiger charge is 2.15. The number of carbonyl (C=O) groups is 1. The zero-order chi connectivity index (χ0) is 14.3. The third-order valence-electron chi connectivity index (χ3n) is 2.55. The Morgan fingerprint density at radius 1 is 1.47 bits per heavy atom. The van der Waals surface area contributed by atoms with Crippen molar-refractivity contribution in [2.75, 3.05) is 31.0 Å². The van der Waals surface area contributed by atoms with E-state index >= 15 is 0 Å². The van der Waals surface area contributed by atoms with Crippen molar-refractivity contribution in [3.8, 4) is 0 Å². The molecule has 106 valence electrons. The predicted molar refractivity (Wildman–Crippen MR) is 77.6 cm³/mol. The minimum Gasteiger partial charge on any atom is -0.480 e. The van der Waals surface area contributed by atoms with Crippen LogP contribution in [0.4, 0.5) is 5.95 Å². The van der Waals surface area contributed by atoms with Gasteiger partial charge in [-0.3, -0.25) is 4.79 Å². The molecular weight excluding hydrogens is 264 g/mol. The van der Waals surface area contributed by atoms with Gasteiger partial charge in [-0.2, -0.15) is 11.8 Å². The lowest BCUT2D eigenvalue weighted by atomic mass is 10.2. The van der Waals surface area contributed by atoms with E-state index in [2.05, 4.69) is 15.3 Å². The first-order valence-corrected chi connectivity index (χ1v) is 7.37. The molecule has 19 heavy (non-hydrogen) atoms. The van der Waals surface area contributed by atoms with Crippen LogP contribution in [0, 0.1) is 0 Å². The second-order valence-corrected chi connectivity index (χ2v) is 5.32. The second-order valence-electron chi connectivity index (χ2n) is 4.34. The molecule has 0 unspecified atom stereocenters. The fourth-order valence-corrected chi connectivity index (χ4v) is 1.93. The Kier molecular flexibility index (Phi) is 6.58. The molecule has 6 nitrogen and oxygen atoms in total. The average Bonchev–Trinajstić information content (AvgIpc) is 2.39. The lowest BCUT2D eigenvalue weighted by Crippen LogP contribution is -2.36. The summed E-state index contributed by atoms with van der Waals surface area (Å²) >= 11 is 1.64. The molecule has 1 heterocycles. The van der Waals surface area contributed by atoms with Crippen LogP contribution in [0.5, 0.6) is 0 Å². The number of thioether (sulfide) groups is 1. The number of anilines is 1. The molecule has 0 radical (unpaired) electrons. The van der Waals surface area contributed by atoms with Gasteiger partial charge in [0, 0.05) is 38.6 Å². The van der Waals surface area contributed by atoms with Crippen molar-refractivity contribution in [2.45, 2.75) is 19.0 Å². The third-order valence-corrected chi connectivity index (χ3v) is 3.20. The van der Waals surface area contributed by atoms with Gasteiger partial charge in [0.25, 0.3) is 0 Å².